The first-order valence-corrected chi connectivity index (χ1v) is 7.56. The summed E-state index contributed by atoms with van der Waals surface area (Å²) in [6.07, 6.45) is 2.86. The number of carbonyl (C=O) groups excluding carboxylic acids is 1. The lowest BCUT2D eigenvalue weighted by Crippen LogP contribution is -2.09. The zero-order valence-electron chi connectivity index (χ0n) is 11.9. The van der Waals surface area contributed by atoms with E-state index in [1.165, 1.54) is 18.2 Å². The summed E-state index contributed by atoms with van der Waals surface area (Å²) in [6, 6.07) is 6.70. The lowest BCUT2D eigenvalue weighted by Gasteiger charge is -2.09. The van der Waals surface area contributed by atoms with E-state index in [0.717, 1.165) is 22.5 Å². The topological polar surface area (TPSA) is 72.2 Å². The van der Waals surface area contributed by atoms with Gasteiger partial charge in [0.15, 0.2) is 0 Å². The molecule has 7 heteroatoms. The third kappa shape index (κ3) is 3.93. The molecule has 0 fully saturated rings. The number of aryl methyl sites for hydroxylation is 2. The Bertz CT molecular complexity index is 745. The fourth-order valence-electron chi connectivity index (χ4n) is 1.93. The van der Waals surface area contributed by atoms with E-state index in [1.807, 2.05) is 19.9 Å². The van der Waals surface area contributed by atoms with Crippen LogP contribution in [-0.4, -0.2) is 10.8 Å². The van der Waals surface area contributed by atoms with Crippen LogP contribution in [0.1, 0.15) is 16.0 Å². The molecule has 0 bridgehead atoms. The fraction of sp³-hybridized carbons (Fsp3) is 0.133. The highest BCUT2D eigenvalue weighted by Gasteiger charge is 2.09. The number of amides is 1. The number of hydrogen-bond acceptors (Lipinski definition) is 4. The quantitative estimate of drug-likeness (QED) is 0.504. The predicted octanol–water partition coefficient (Wildman–Crippen LogP) is 4.58. The van der Waals surface area contributed by atoms with Gasteiger partial charge in [-0.25, -0.2) is 0 Å². The second kappa shape index (κ2) is 6.72. The molecule has 5 nitrogen and oxygen atoms in total. The Kier molecular flexibility index (Phi) is 4.95. The second-order valence-corrected chi connectivity index (χ2v) is 6.20. The Labute approximate surface area is 136 Å². The molecular formula is C15H13ClN2O3S. The number of nitrogens with one attached hydrogen (secondary N) is 1. The third-order valence-electron chi connectivity index (χ3n) is 2.87. The molecule has 1 aromatic heterocycles. The maximum Gasteiger partial charge on any atom is 0.324 e. The predicted molar refractivity (Wildman–Crippen MR) is 89.6 cm³/mol. The number of halogens is 1. The van der Waals surface area contributed by atoms with Gasteiger partial charge in [-0.05, 0) is 43.2 Å². The second-order valence-electron chi connectivity index (χ2n) is 4.69. The van der Waals surface area contributed by atoms with Crippen LogP contribution in [0.3, 0.4) is 0 Å². The van der Waals surface area contributed by atoms with E-state index >= 15 is 0 Å². The highest BCUT2D eigenvalue weighted by atomic mass is 35.5. The summed E-state index contributed by atoms with van der Waals surface area (Å²) < 4.78 is 0. The summed E-state index contributed by atoms with van der Waals surface area (Å²) in [7, 11) is 0. The molecule has 0 unspecified atom stereocenters. The van der Waals surface area contributed by atoms with Crippen LogP contribution in [0.15, 0.2) is 30.3 Å². The zero-order chi connectivity index (χ0) is 16.3. The first kappa shape index (κ1) is 16.2. The smallest absolute Gasteiger partial charge is 0.321 e. The number of thiophene rings is 1. The molecule has 0 saturated heterocycles. The van der Waals surface area contributed by atoms with Crippen LogP contribution >= 0.6 is 22.9 Å². The number of nitro groups is 1. The van der Waals surface area contributed by atoms with E-state index in [4.69, 9.17) is 11.6 Å². The van der Waals surface area contributed by atoms with Crippen molar-refractivity contribution in [2.24, 2.45) is 0 Å². The van der Waals surface area contributed by atoms with Crippen LogP contribution < -0.4 is 5.32 Å². The molecule has 1 aromatic carbocycles. The third-order valence-corrected chi connectivity index (χ3v) is 4.17. The van der Waals surface area contributed by atoms with E-state index in [1.54, 1.807) is 12.1 Å². The average molecular weight is 337 g/mol. The van der Waals surface area contributed by atoms with Crippen molar-refractivity contribution in [1.29, 1.82) is 0 Å². The lowest BCUT2D eigenvalue weighted by molar-refractivity contribution is -0.380. The van der Waals surface area contributed by atoms with Crippen molar-refractivity contribution < 1.29 is 9.72 Å². The molecular weight excluding hydrogens is 324 g/mol. The largest absolute Gasteiger partial charge is 0.324 e. The molecule has 2 rings (SSSR count). The number of carbonyl (C=O) groups is 1. The SMILES string of the molecule is Cc1cc(C)c(NC(=O)/C=C/c2ccc([N+](=O)[O-])s2)c(Cl)c1. The monoisotopic (exact) mass is 336 g/mol. The van der Waals surface area contributed by atoms with Gasteiger partial charge in [0, 0.05) is 17.0 Å². The summed E-state index contributed by atoms with van der Waals surface area (Å²) in [5, 5.41) is 13.8. The Morgan fingerprint density at radius 1 is 1.36 bits per heavy atom. The summed E-state index contributed by atoms with van der Waals surface area (Å²) in [5.41, 5.74) is 2.46. The molecule has 0 atom stereocenters. The highest BCUT2D eigenvalue weighted by molar-refractivity contribution is 7.16. The van der Waals surface area contributed by atoms with E-state index in [9.17, 15) is 14.9 Å². The Morgan fingerprint density at radius 2 is 2.09 bits per heavy atom. The van der Waals surface area contributed by atoms with Gasteiger partial charge in [0.2, 0.25) is 5.91 Å². The van der Waals surface area contributed by atoms with Crippen LogP contribution in [0, 0.1) is 24.0 Å². The van der Waals surface area contributed by atoms with E-state index in [0.29, 0.717) is 15.6 Å². The maximum absolute atomic E-state index is 11.9. The van der Waals surface area contributed by atoms with Gasteiger partial charge >= 0.3 is 5.00 Å². The van der Waals surface area contributed by atoms with Gasteiger partial charge in [-0.2, -0.15) is 0 Å². The summed E-state index contributed by atoms with van der Waals surface area (Å²) in [6.45, 7) is 3.79. The van der Waals surface area contributed by atoms with Gasteiger partial charge in [0.05, 0.1) is 15.6 Å². The number of anilines is 1. The minimum absolute atomic E-state index is 0.0393. The van der Waals surface area contributed by atoms with Crippen LogP contribution in [0.25, 0.3) is 6.08 Å². The average Bonchev–Trinajstić information content (AvgIpc) is 2.89. The van der Waals surface area contributed by atoms with Crippen molar-refractivity contribution in [3.8, 4) is 0 Å². The van der Waals surface area contributed by atoms with Gasteiger partial charge in [-0.3, -0.25) is 14.9 Å². The van der Waals surface area contributed by atoms with E-state index in [-0.39, 0.29) is 10.9 Å². The normalized spacial score (nSPS) is 10.9. The molecule has 1 amide bonds. The van der Waals surface area contributed by atoms with Gasteiger partial charge in [-0.15, -0.1) is 0 Å². The van der Waals surface area contributed by atoms with Crippen LogP contribution in [0.5, 0.6) is 0 Å². The van der Waals surface area contributed by atoms with Gasteiger partial charge in [0.25, 0.3) is 0 Å². The Hall–Kier alpha value is -2.18. The van der Waals surface area contributed by atoms with Crippen LogP contribution in [0.2, 0.25) is 5.02 Å². The molecule has 1 heterocycles. The van der Waals surface area contributed by atoms with Crippen molar-refractivity contribution in [2.75, 3.05) is 5.32 Å². The van der Waals surface area contributed by atoms with Crippen molar-refractivity contribution in [3.63, 3.8) is 0 Å². The minimum Gasteiger partial charge on any atom is -0.321 e. The Morgan fingerprint density at radius 3 is 2.68 bits per heavy atom. The minimum atomic E-state index is -0.461. The van der Waals surface area contributed by atoms with Crippen molar-refractivity contribution >= 4 is 45.6 Å². The molecule has 0 radical (unpaired) electrons. The van der Waals surface area contributed by atoms with Gasteiger partial charge in [-0.1, -0.05) is 29.0 Å². The van der Waals surface area contributed by atoms with Gasteiger partial charge < -0.3 is 5.32 Å². The van der Waals surface area contributed by atoms with Crippen molar-refractivity contribution in [2.45, 2.75) is 13.8 Å². The summed E-state index contributed by atoms with van der Waals surface area (Å²) in [5.74, 6) is -0.343. The first-order valence-electron chi connectivity index (χ1n) is 6.37. The number of benzene rings is 1. The Balaban J connectivity index is 2.09. The van der Waals surface area contributed by atoms with Crippen molar-refractivity contribution in [3.05, 3.63) is 61.5 Å². The zero-order valence-corrected chi connectivity index (χ0v) is 13.5. The maximum atomic E-state index is 11.9. The van der Waals surface area contributed by atoms with E-state index < -0.39 is 4.92 Å². The summed E-state index contributed by atoms with van der Waals surface area (Å²) >= 11 is 7.13. The fourth-order valence-corrected chi connectivity index (χ4v) is 3.02. The lowest BCUT2D eigenvalue weighted by atomic mass is 10.1. The molecule has 0 aliphatic carbocycles. The highest BCUT2D eigenvalue weighted by Crippen LogP contribution is 2.28. The first-order chi connectivity index (χ1) is 10.4. The molecule has 0 aliphatic rings. The van der Waals surface area contributed by atoms with Crippen molar-refractivity contribution in [1.82, 2.24) is 0 Å². The number of hydrogen-bond donors (Lipinski definition) is 1. The standard InChI is InChI=1S/C15H13ClN2O3S/c1-9-7-10(2)15(12(16)8-9)17-13(19)5-3-11-4-6-14(22-11)18(20)21/h3-8H,1-2H3,(H,17,19)/b5-3+. The molecule has 0 spiro atoms. The number of nitrogens with zero attached hydrogens (tertiary/aromatic N) is 1. The molecule has 1 N–H and O–H groups in total. The number of rotatable bonds is 4. The van der Waals surface area contributed by atoms with Crippen LogP contribution in [0.4, 0.5) is 10.7 Å². The van der Waals surface area contributed by atoms with Crippen LogP contribution in [-0.2, 0) is 4.79 Å². The summed E-state index contributed by atoms with van der Waals surface area (Å²) in [4.78, 5) is 22.7. The van der Waals surface area contributed by atoms with E-state index in [2.05, 4.69) is 5.32 Å². The molecule has 114 valence electrons. The molecule has 22 heavy (non-hydrogen) atoms. The van der Waals surface area contributed by atoms with Gasteiger partial charge in [0.1, 0.15) is 0 Å². The molecule has 0 aliphatic heterocycles. The molecule has 0 saturated carbocycles. The molecule has 2 aromatic rings.